The van der Waals surface area contributed by atoms with E-state index in [2.05, 4.69) is 15.1 Å². The highest BCUT2D eigenvalue weighted by Gasteiger charge is 2.19. The molecule has 1 aliphatic heterocycles. The molecule has 2 aromatic heterocycles. The molecule has 2 aromatic rings. The van der Waals surface area contributed by atoms with Crippen LogP contribution in [0.2, 0.25) is 0 Å². The zero-order valence-corrected chi connectivity index (χ0v) is 14.2. The summed E-state index contributed by atoms with van der Waals surface area (Å²) in [5.74, 6) is 1.09. The van der Waals surface area contributed by atoms with E-state index >= 15 is 0 Å². The Morgan fingerprint density at radius 3 is 2.96 bits per heavy atom. The van der Waals surface area contributed by atoms with Gasteiger partial charge in [-0.15, -0.1) is 0 Å². The van der Waals surface area contributed by atoms with Gasteiger partial charge in [0.15, 0.2) is 5.76 Å². The Bertz CT molecular complexity index is 673. The zero-order chi connectivity index (χ0) is 16.9. The number of H-pyrrole nitrogens is 1. The van der Waals surface area contributed by atoms with Crippen molar-refractivity contribution in [2.24, 2.45) is 0 Å². The van der Waals surface area contributed by atoms with Crippen LogP contribution in [0.5, 0.6) is 0 Å². The van der Waals surface area contributed by atoms with Crippen LogP contribution >= 0.6 is 0 Å². The van der Waals surface area contributed by atoms with Gasteiger partial charge in [-0.25, -0.2) is 0 Å². The highest BCUT2D eigenvalue weighted by Crippen LogP contribution is 2.16. The third-order valence-electron chi connectivity index (χ3n) is 4.18. The fourth-order valence-electron chi connectivity index (χ4n) is 2.97. The predicted octanol–water partition coefficient (Wildman–Crippen LogP) is 2.02. The van der Waals surface area contributed by atoms with Gasteiger partial charge in [-0.05, 0) is 44.1 Å². The summed E-state index contributed by atoms with van der Waals surface area (Å²) in [6, 6.07) is 5.55. The third-order valence-corrected chi connectivity index (χ3v) is 4.18. The van der Waals surface area contributed by atoms with Crippen molar-refractivity contribution in [3.63, 3.8) is 0 Å². The SMILES string of the molecule is COCc1cc(CN(C)C(=O)c2ccc(CN3CCCC3)o2)[nH]n1. The Kier molecular flexibility index (Phi) is 5.32. The molecule has 0 aromatic carbocycles. The summed E-state index contributed by atoms with van der Waals surface area (Å²) in [5.41, 5.74) is 1.68. The summed E-state index contributed by atoms with van der Waals surface area (Å²) < 4.78 is 10.8. The number of likely N-dealkylation sites (tertiary alicyclic amines) is 1. The van der Waals surface area contributed by atoms with Crippen molar-refractivity contribution in [3.8, 4) is 0 Å². The summed E-state index contributed by atoms with van der Waals surface area (Å²) in [6.07, 6.45) is 2.48. The van der Waals surface area contributed by atoms with Crippen LogP contribution in [0.3, 0.4) is 0 Å². The number of aromatic amines is 1. The van der Waals surface area contributed by atoms with Crippen LogP contribution in [0.25, 0.3) is 0 Å². The molecule has 7 nitrogen and oxygen atoms in total. The number of ether oxygens (including phenoxy) is 1. The maximum Gasteiger partial charge on any atom is 0.289 e. The minimum absolute atomic E-state index is 0.134. The number of carbonyl (C=O) groups is 1. The first kappa shape index (κ1) is 16.7. The first-order chi connectivity index (χ1) is 11.7. The number of rotatable bonds is 7. The molecule has 1 fully saturated rings. The van der Waals surface area contributed by atoms with Gasteiger partial charge in [-0.3, -0.25) is 14.8 Å². The number of amides is 1. The van der Waals surface area contributed by atoms with Crippen LogP contribution in [0.4, 0.5) is 0 Å². The Hall–Kier alpha value is -2.12. The normalized spacial score (nSPS) is 15.1. The highest BCUT2D eigenvalue weighted by atomic mass is 16.5. The monoisotopic (exact) mass is 332 g/mol. The molecule has 0 saturated carbocycles. The molecule has 3 rings (SSSR count). The lowest BCUT2D eigenvalue weighted by Crippen LogP contribution is -2.26. The van der Waals surface area contributed by atoms with Crippen molar-refractivity contribution in [2.75, 3.05) is 27.2 Å². The maximum atomic E-state index is 12.5. The molecule has 3 heterocycles. The molecule has 0 spiro atoms. The minimum Gasteiger partial charge on any atom is -0.455 e. The van der Waals surface area contributed by atoms with Gasteiger partial charge in [0.2, 0.25) is 0 Å². The number of methoxy groups -OCH3 is 1. The second-order valence-electron chi connectivity index (χ2n) is 6.23. The van der Waals surface area contributed by atoms with Crippen LogP contribution in [0, 0.1) is 0 Å². The van der Waals surface area contributed by atoms with Gasteiger partial charge in [-0.1, -0.05) is 0 Å². The number of nitrogens with zero attached hydrogens (tertiary/aromatic N) is 3. The van der Waals surface area contributed by atoms with E-state index in [9.17, 15) is 4.79 Å². The molecule has 0 atom stereocenters. The molecule has 0 aliphatic carbocycles. The van der Waals surface area contributed by atoms with Crippen molar-refractivity contribution < 1.29 is 13.9 Å². The van der Waals surface area contributed by atoms with Crippen LogP contribution in [0.15, 0.2) is 22.6 Å². The second kappa shape index (κ2) is 7.63. The number of hydrogen-bond acceptors (Lipinski definition) is 5. The van der Waals surface area contributed by atoms with Crippen molar-refractivity contribution in [2.45, 2.75) is 32.5 Å². The van der Waals surface area contributed by atoms with Crippen LogP contribution in [0.1, 0.15) is 40.5 Å². The lowest BCUT2D eigenvalue weighted by atomic mass is 10.3. The summed E-state index contributed by atoms with van der Waals surface area (Å²) in [5, 5.41) is 7.06. The van der Waals surface area contributed by atoms with Gasteiger partial charge in [-0.2, -0.15) is 5.10 Å². The fourth-order valence-corrected chi connectivity index (χ4v) is 2.97. The van der Waals surface area contributed by atoms with Gasteiger partial charge >= 0.3 is 0 Å². The fraction of sp³-hybridized carbons (Fsp3) is 0.529. The summed E-state index contributed by atoms with van der Waals surface area (Å²) in [4.78, 5) is 16.5. The number of carbonyl (C=O) groups excluding carboxylic acids is 1. The average Bonchev–Trinajstić information content (AvgIpc) is 3.30. The third kappa shape index (κ3) is 4.04. The standard InChI is InChI=1S/C17H24N4O3/c1-20(10-13-9-14(12-23-2)19-18-13)17(22)16-6-5-15(24-16)11-21-7-3-4-8-21/h5-6,9H,3-4,7-8,10-12H2,1-2H3,(H,18,19). The van der Waals surface area contributed by atoms with E-state index in [1.807, 2.05) is 12.1 Å². The lowest BCUT2D eigenvalue weighted by Gasteiger charge is -2.15. The van der Waals surface area contributed by atoms with Crippen LogP contribution in [-0.2, 0) is 24.4 Å². The second-order valence-corrected chi connectivity index (χ2v) is 6.23. The molecule has 0 bridgehead atoms. The molecule has 1 saturated heterocycles. The van der Waals surface area contributed by atoms with Gasteiger partial charge in [0, 0.05) is 14.2 Å². The van der Waals surface area contributed by atoms with Gasteiger partial charge in [0.25, 0.3) is 5.91 Å². The Labute approximate surface area is 141 Å². The first-order valence-electron chi connectivity index (χ1n) is 8.24. The maximum absolute atomic E-state index is 12.5. The van der Waals surface area contributed by atoms with Crippen molar-refractivity contribution in [3.05, 3.63) is 41.1 Å². The first-order valence-corrected chi connectivity index (χ1v) is 8.24. The Morgan fingerprint density at radius 1 is 1.42 bits per heavy atom. The van der Waals surface area contributed by atoms with Gasteiger partial charge in [0.05, 0.1) is 31.1 Å². The number of hydrogen-bond donors (Lipinski definition) is 1. The minimum atomic E-state index is -0.134. The van der Waals surface area contributed by atoms with E-state index in [1.165, 1.54) is 12.8 Å². The van der Waals surface area contributed by atoms with E-state index < -0.39 is 0 Å². The smallest absolute Gasteiger partial charge is 0.289 e. The summed E-state index contributed by atoms with van der Waals surface area (Å²) in [6.45, 7) is 3.88. The Morgan fingerprint density at radius 2 is 2.21 bits per heavy atom. The molecule has 7 heteroatoms. The molecular formula is C17H24N4O3. The number of aromatic nitrogens is 2. The molecule has 1 amide bonds. The summed E-state index contributed by atoms with van der Waals surface area (Å²) in [7, 11) is 3.38. The predicted molar refractivity (Wildman–Crippen MR) is 88.3 cm³/mol. The van der Waals surface area contributed by atoms with Crippen molar-refractivity contribution in [1.82, 2.24) is 20.0 Å². The molecular weight excluding hydrogens is 308 g/mol. The summed E-state index contributed by atoms with van der Waals surface area (Å²) >= 11 is 0. The van der Waals surface area contributed by atoms with E-state index in [0.29, 0.717) is 18.9 Å². The molecule has 1 N–H and O–H groups in total. The lowest BCUT2D eigenvalue weighted by molar-refractivity contribution is 0.0748. The van der Waals surface area contributed by atoms with Gasteiger partial charge < -0.3 is 14.1 Å². The molecule has 0 radical (unpaired) electrons. The molecule has 24 heavy (non-hydrogen) atoms. The number of nitrogens with one attached hydrogen (secondary N) is 1. The van der Waals surface area contributed by atoms with Gasteiger partial charge in [0.1, 0.15) is 5.76 Å². The van der Waals surface area contributed by atoms with Crippen molar-refractivity contribution in [1.29, 1.82) is 0 Å². The van der Waals surface area contributed by atoms with E-state index in [0.717, 1.165) is 36.8 Å². The molecule has 0 unspecified atom stereocenters. The Balaban J connectivity index is 1.57. The van der Waals surface area contributed by atoms with Crippen LogP contribution < -0.4 is 0 Å². The van der Waals surface area contributed by atoms with Crippen molar-refractivity contribution >= 4 is 5.91 Å². The molecule has 1 aliphatic rings. The largest absolute Gasteiger partial charge is 0.455 e. The van der Waals surface area contributed by atoms with Crippen LogP contribution in [-0.4, -0.2) is 53.2 Å². The zero-order valence-electron chi connectivity index (χ0n) is 14.2. The topological polar surface area (TPSA) is 74.6 Å². The average molecular weight is 332 g/mol. The highest BCUT2D eigenvalue weighted by molar-refractivity contribution is 5.91. The quantitative estimate of drug-likeness (QED) is 0.839. The van der Waals surface area contributed by atoms with E-state index in [1.54, 1.807) is 25.1 Å². The molecule has 130 valence electrons. The van der Waals surface area contributed by atoms with E-state index in [-0.39, 0.29) is 5.91 Å². The van der Waals surface area contributed by atoms with E-state index in [4.69, 9.17) is 9.15 Å². The number of furan rings is 1.